The van der Waals surface area contributed by atoms with Gasteiger partial charge in [-0.1, -0.05) is 38.3 Å². The molecule has 13 heavy (non-hydrogen) atoms. The first-order chi connectivity index (χ1) is 6.20. The van der Waals surface area contributed by atoms with Gasteiger partial charge in [-0.25, -0.2) is 0 Å². The van der Waals surface area contributed by atoms with Crippen molar-refractivity contribution in [3.05, 3.63) is 11.6 Å². The van der Waals surface area contributed by atoms with Crippen LogP contribution in [0, 0.1) is 5.92 Å². The summed E-state index contributed by atoms with van der Waals surface area (Å²) in [6.45, 7) is 7.56. The lowest BCUT2D eigenvalue weighted by atomic mass is 9.99. The standard InChI is InChI=1S/C12H25N/c1-4-6-11(2)7-5-8-12(3)9-10-13/h8,11H,4-7,9-10,13H2,1-3H3/b12-8+. The number of nitrogens with two attached hydrogens (primary N) is 1. The summed E-state index contributed by atoms with van der Waals surface area (Å²) in [6.07, 6.45) is 8.64. The Hall–Kier alpha value is -0.300. The molecule has 0 heterocycles. The summed E-state index contributed by atoms with van der Waals surface area (Å²) in [5.41, 5.74) is 6.92. The van der Waals surface area contributed by atoms with E-state index in [0.717, 1.165) is 18.9 Å². The van der Waals surface area contributed by atoms with E-state index in [1.165, 1.54) is 31.3 Å². The van der Waals surface area contributed by atoms with Gasteiger partial charge in [0.05, 0.1) is 0 Å². The Balaban J connectivity index is 3.47. The van der Waals surface area contributed by atoms with E-state index >= 15 is 0 Å². The molecule has 1 heteroatoms. The van der Waals surface area contributed by atoms with Crippen molar-refractivity contribution in [3.63, 3.8) is 0 Å². The van der Waals surface area contributed by atoms with Gasteiger partial charge in [-0.05, 0) is 38.6 Å². The summed E-state index contributed by atoms with van der Waals surface area (Å²) >= 11 is 0. The minimum absolute atomic E-state index is 0.785. The van der Waals surface area contributed by atoms with Gasteiger partial charge in [0.15, 0.2) is 0 Å². The van der Waals surface area contributed by atoms with Crippen LogP contribution in [0.25, 0.3) is 0 Å². The first-order valence-corrected chi connectivity index (χ1v) is 5.56. The van der Waals surface area contributed by atoms with Gasteiger partial charge in [0.25, 0.3) is 0 Å². The average Bonchev–Trinajstić information content (AvgIpc) is 2.05. The van der Waals surface area contributed by atoms with E-state index < -0.39 is 0 Å². The van der Waals surface area contributed by atoms with Crippen LogP contribution in [0.3, 0.4) is 0 Å². The molecule has 1 atom stereocenters. The summed E-state index contributed by atoms with van der Waals surface area (Å²) in [7, 11) is 0. The largest absolute Gasteiger partial charge is 0.330 e. The third-order valence-electron chi connectivity index (χ3n) is 2.47. The summed E-state index contributed by atoms with van der Waals surface area (Å²) in [5.74, 6) is 0.881. The van der Waals surface area contributed by atoms with Crippen molar-refractivity contribution in [3.8, 4) is 0 Å². The highest BCUT2D eigenvalue weighted by atomic mass is 14.5. The predicted octanol–water partition coefficient (Wildman–Crippen LogP) is 3.50. The molecule has 0 amide bonds. The van der Waals surface area contributed by atoms with Gasteiger partial charge in [0.1, 0.15) is 0 Å². The summed E-state index contributed by atoms with van der Waals surface area (Å²) < 4.78 is 0. The molecule has 0 saturated heterocycles. The molecule has 0 saturated carbocycles. The van der Waals surface area contributed by atoms with Crippen LogP contribution in [0.2, 0.25) is 0 Å². The van der Waals surface area contributed by atoms with E-state index in [1.807, 2.05) is 0 Å². The molecule has 0 bridgehead atoms. The Bertz CT molecular complexity index is 138. The smallest absolute Gasteiger partial charge is 0.00401 e. The SMILES string of the molecule is CCCC(C)CC/C=C(\C)CCN. The number of hydrogen-bond acceptors (Lipinski definition) is 1. The van der Waals surface area contributed by atoms with Crippen molar-refractivity contribution >= 4 is 0 Å². The van der Waals surface area contributed by atoms with Crippen molar-refractivity contribution in [1.29, 1.82) is 0 Å². The zero-order valence-electron chi connectivity index (χ0n) is 9.47. The molecule has 0 aromatic rings. The molecule has 0 rings (SSSR count). The van der Waals surface area contributed by atoms with E-state index in [-0.39, 0.29) is 0 Å². The van der Waals surface area contributed by atoms with Gasteiger partial charge < -0.3 is 5.73 Å². The fourth-order valence-corrected chi connectivity index (χ4v) is 1.58. The molecule has 0 aliphatic heterocycles. The molecule has 0 aliphatic rings. The van der Waals surface area contributed by atoms with Gasteiger partial charge in [-0.15, -0.1) is 0 Å². The topological polar surface area (TPSA) is 26.0 Å². The maximum Gasteiger partial charge on any atom is -0.00401 e. The summed E-state index contributed by atoms with van der Waals surface area (Å²) in [4.78, 5) is 0. The van der Waals surface area contributed by atoms with Crippen LogP contribution in [-0.2, 0) is 0 Å². The second-order valence-corrected chi connectivity index (χ2v) is 4.06. The first-order valence-electron chi connectivity index (χ1n) is 5.56. The quantitative estimate of drug-likeness (QED) is 0.601. The van der Waals surface area contributed by atoms with Gasteiger partial charge in [0.2, 0.25) is 0 Å². The van der Waals surface area contributed by atoms with Crippen LogP contribution in [0.1, 0.15) is 52.9 Å². The third-order valence-corrected chi connectivity index (χ3v) is 2.47. The molecular formula is C12H25N. The zero-order valence-corrected chi connectivity index (χ0v) is 9.47. The Morgan fingerprint density at radius 1 is 1.38 bits per heavy atom. The van der Waals surface area contributed by atoms with E-state index in [4.69, 9.17) is 5.73 Å². The summed E-state index contributed by atoms with van der Waals surface area (Å²) in [5, 5.41) is 0. The molecule has 1 unspecified atom stereocenters. The predicted molar refractivity (Wildman–Crippen MR) is 60.7 cm³/mol. The lowest BCUT2D eigenvalue weighted by Gasteiger charge is -2.07. The molecule has 0 aromatic carbocycles. The Kier molecular flexibility index (Phi) is 8.11. The Morgan fingerprint density at radius 3 is 2.62 bits per heavy atom. The second kappa shape index (κ2) is 8.31. The van der Waals surface area contributed by atoms with Gasteiger partial charge in [-0.3, -0.25) is 0 Å². The van der Waals surface area contributed by atoms with Crippen LogP contribution in [-0.4, -0.2) is 6.54 Å². The number of allylic oxidation sites excluding steroid dienone is 1. The van der Waals surface area contributed by atoms with E-state index in [0.29, 0.717) is 0 Å². The molecule has 1 nitrogen and oxygen atoms in total. The minimum Gasteiger partial charge on any atom is -0.330 e. The molecule has 0 fully saturated rings. The fraction of sp³-hybridized carbons (Fsp3) is 0.833. The van der Waals surface area contributed by atoms with E-state index in [9.17, 15) is 0 Å². The van der Waals surface area contributed by atoms with Crippen LogP contribution < -0.4 is 5.73 Å². The highest BCUT2D eigenvalue weighted by Crippen LogP contribution is 2.13. The van der Waals surface area contributed by atoms with E-state index in [2.05, 4.69) is 26.8 Å². The first kappa shape index (κ1) is 12.7. The van der Waals surface area contributed by atoms with Crippen molar-refractivity contribution in [2.45, 2.75) is 52.9 Å². The van der Waals surface area contributed by atoms with Crippen LogP contribution in [0.5, 0.6) is 0 Å². The van der Waals surface area contributed by atoms with Gasteiger partial charge in [-0.2, -0.15) is 0 Å². The second-order valence-electron chi connectivity index (χ2n) is 4.06. The monoisotopic (exact) mass is 183 g/mol. The molecule has 0 radical (unpaired) electrons. The van der Waals surface area contributed by atoms with Crippen molar-refractivity contribution < 1.29 is 0 Å². The zero-order chi connectivity index (χ0) is 10.1. The third kappa shape index (κ3) is 8.04. The van der Waals surface area contributed by atoms with E-state index in [1.54, 1.807) is 0 Å². The lowest BCUT2D eigenvalue weighted by Crippen LogP contribution is -1.98. The highest BCUT2D eigenvalue weighted by Gasteiger charge is 1.98. The fourth-order valence-electron chi connectivity index (χ4n) is 1.58. The normalized spacial score (nSPS) is 14.6. The van der Waals surface area contributed by atoms with Crippen molar-refractivity contribution in [2.24, 2.45) is 11.7 Å². The maximum atomic E-state index is 5.47. The van der Waals surface area contributed by atoms with Crippen molar-refractivity contribution in [1.82, 2.24) is 0 Å². The molecule has 0 aromatic heterocycles. The molecule has 0 aliphatic carbocycles. The molecule has 78 valence electrons. The number of hydrogen-bond donors (Lipinski definition) is 1. The molecular weight excluding hydrogens is 158 g/mol. The lowest BCUT2D eigenvalue weighted by molar-refractivity contribution is 0.490. The number of rotatable bonds is 7. The van der Waals surface area contributed by atoms with Crippen LogP contribution in [0.4, 0.5) is 0 Å². The average molecular weight is 183 g/mol. The van der Waals surface area contributed by atoms with Crippen molar-refractivity contribution in [2.75, 3.05) is 6.54 Å². The summed E-state index contributed by atoms with van der Waals surface area (Å²) in [6, 6.07) is 0. The van der Waals surface area contributed by atoms with Gasteiger partial charge >= 0.3 is 0 Å². The van der Waals surface area contributed by atoms with Gasteiger partial charge in [0, 0.05) is 0 Å². The maximum absolute atomic E-state index is 5.47. The Labute approximate surface area is 83.4 Å². The molecule has 0 spiro atoms. The highest BCUT2D eigenvalue weighted by molar-refractivity contribution is 4.97. The Morgan fingerprint density at radius 2 is 2.08 bits per heavy atom. The van der Waals surface area contributed by atoms with Crippen LogP contribution in [0.15, 0.2) is 11.6 Å². The van der Waals surface area contributed by atoms with Crippen LogP contribution >= 0.6 is 0 Å². The molecule has 2 N–H and O–H groups in total. The minimum atomic E-state index is 0.785.